The number of aryl methyl sites for hydroxylation is 1. The van der Waals surface area contributed by atoms with Crippen molar-refractivity contribution in [1.82, 2.24) is 10.3 Å². The van der Waals surface area contributed by atoms with Crippen molar-refractivity contribution in [3.63, 3.8) is 0 Å². The summed E-state index contributed by atoms with van der Waals surface area (Å²) < 4.78 is 5.29. The number of esters is 1. The predicted molar refractivity (Wildman–Crippen MR) is 100.0 cm³/mol. The van der Waals surface area contributed by atoms with Gasteiger partial charge in [-0.15, -0.1) is 0 Å². The number of aliphatic hydroxyl groups excluding tert-OH is 1. The van der Waals surface area contributed by atoms with Gasteiger partial charge < -0.3 is 20.1 Å². The van der Waals surface area contributed by atoms with Gasteiger partial charge in [0.1, 0.15) is 5.69 Å². The fourth-order valence-corrected chi connectivity index (χ4v) is 3.49. The van der Waals surface area contributed by atoms with Gasteiger partial charge in [0.2, 0.25) is 0 Å². The molecule has 1 aromatic rings. The maximum Gasteiger partial charge on any atom is 0.355 e. The Morgan fingerprint density at radius 1 is 1.31 bits per heavy atom. The Hall–Kier alpha value is -2.08. The van der Waals surface area contributed by atoms with Crippen LogP contribution in [0.15, 0.2) is 11.6 Å². The SMILES string of the molecule is Cc1[nH]c(C(=O)O[C@@H](C)C(=O)NCCC2=CCCCC2)c(C)c1[C@@H](C)O. The number of aliphatic hydroxyl groups is 1. The van der Waals surface area contributed by atoms with Crippen LogP contribution < -0.4 is 5.32 Å². The van der Waals surface area contributed by atoms with E-state index in [0.717, 1.165) is 25.0 Å². The minimum atomic E-state index is -0.874. The summed E-state index contributed by atoms with van der Waals surface area (Å²) in [6.45, 7) is 7.32. The molecule has 0 bridgehead atoms. The van der Waals surface area contributed by atoms with Crippen LogP contribution in [-0.4, -0.2) is 34.6 Å². The van der Waals surface area contributed by atoms with Gasteiger partial charge in [0.15, 0.2) is 6.10 Å². The van der Waals surface area contributed by atoms with Gasteiger partial charge in [-0.25, -0.2) is 4.79 Å². The van der Waals surface area contributed by atoms with Gasteiger partial charge >= 0.3 is 5.97 Å². The van der Waals surface area contributed by atoms with Crippen molar-refractivity contribution in [2.75, 3.05) is 6.54 Å². The molecule has 26 heavy (non-hydrogen) atoms. The van der Waals surface area contributed by atoms with Crippen LogP contribution >= 0.6 is 0 Å². The highest BCUT2D eigenvalue weighted by molar-refractivity contribution is 5.92. The van der Waals surface area contributed by atoms with Crippen LogP contribution in [0.5, 0.6) is 0 Å². The highest BCUT2D eigenvalue weighted by atomic mass is 16.5. The summed E-state index contributed by atoms with van der Waals surface area (Å²) in [4.78, 5) is 27.5. The molecule has 0 spiro atoms. The molecule has 0 fully saturated rings. The summed E-state index contributed by atoms with van der Waals surface area (Å²) in [7, 11) is 0. The van der Waals surface area contributed by atoms with Crippen molar-refractivity contribution in [3.05, 3.63) is 34.2 Å². The van der Waals surface area contributed by atoms with E-state index < -0.39 is 18.2 Å². The van der Waals surface area contributed by atoms with E-state index in [2.05, 4.69) is 16.4 Å². The molecule has 1 amide bonds. The molecule has 2 rings (SSSR count). The van der Waals surface area contributed by atoms with Gasteiger partial charge in [0.05, 0.1) is 6.10 Å². The molecular weight excluding hydrogens is 332 g/mol. The normalized spacial score (nSPS) is 16.6. The first kappa shape index (κ1) is 20.2. The number of rotatable bonds is 7. The van der Waals surface area contributed by atoms with E-state index in [-0.39, 0.29) is 11.6 Å². The number of H-pyrrole nitrogens is 1. The molecule has 0 aliphatic heterocycles. The molecule has 3 N–H and O–H groups in total. The molecule has 1 aromatic heterocycles. The third-order valence-electron chi connectivity index (χ3n) is 4.90. The zero-order valence-corrected chi connectivity index (χ0v) is 16.1. The predicted octanol–water partition coefficient (Wildman–Crippen LogP) is 3.24. The maximum absolute atomic E-state index is 12.4. The summed E-state index contributed by atoms with van der Waals surface area (Å²) in [5, 5.41) is 12.6. The van der Waals surface area contributed by atoms with Crippen molar-refractivity contribution >= 4 is 11.9 Å². The lowest BCUT2D eigenvalue weighted by molar-refractivity contribution is -0.129. The summed E-state index contributed by atoms with van der Waals surface area (Å²) in [6.07, 6.45) is 6.25. The molecule has 0 saturated heterocycles. The second-order valence-electron chi connectivity index (χ2n) is 7.04. The molecule has 144 valence electrons. The van der Waals surface area contributed by atoms with E-state index in [9.17, 15) is 14.7 Å². The first-order valence-electron chi connectivity index (χ1n) is 9.35. The van der Waals surface area contributed by atoms with Crippen molar-refractivity contribution in [1.29, 1.82) is 0 Å². The third kappa shape index (κ3) is 4.97. The first-order chi connectivity index (χ1) is 12.3. The topological polar surface area (TPSA) is 91.4 Å². The Balaban J connectivity index is 1.87. The number of nitrogens with one attached hydrogen (secondary N) is 2. The van der Waals surface area contributed by atoms with Crippen molar-refractivity contribution < 1.29 is 19.4 Å². The Morgan fingerprint density at radius 2 is 2.04 bits per heavy atom. The summed E-state index contributed by atoms with van der Waals surface area (Å²) in [5.74, 6) is -0.887. The highest BCUT2D eigenvalue weighted by Gasteiger charge is 2.24. The summed E-state index contributed by atoms with van der Waals surface area (Å²) >= 11 is 0. The van der Waals surface area contributed by atoms with Crippen molar-refractivity contribution in [2.24, 2.45) is 0 Å². The van der Waals surface area contributed by atoms with Gasteiger partial charge in [0.25, 0.3) is 5.91 Å². The Bertz CT molecular complexity index is 688. The molecule has 1 heterocycles. The standard InChI is InChI=1S/C20H30N2O4/c1-12-17(14(3)23)13(2)22-18(12)20(25)26-15(4)19(24)21-11-10-16-8-6-5-7-9-16/h8,14-15,22-23H,5-7,9-11H2,1-4H3,(H,21,24)/t14-,15+/m1/s1. The Labute approximate surface area is 155 Å². The summed E-state index contributed by atoms with van der Waals surface area (Å²) in [5.41, 5.74) is 3.74. The Morgan fingerprint density at radius 3 is 2.62 bits per heavy atom. The largest absolute Gasteiger partial charge is 0.448 e. The van der Waals surface area contributed by atoms with Crippen LogP contribution in [0, 0.1) is 13.8 Å². The lowest BCUT2D eigenvalue weighted by Crippen LogP contribution is -2.36. The number of aromatic amines is 1. The van der Waals surface area contributed by atoms with E-state index in [1.54, 1.807) is 27.7 Å². The van der Waals surface area contributed by atoms with Crippen LogP contribution in [0.1, 0.15) is 79.4 Å². The molecule has 0 aromatic carbocycles. The average Bonchev–Trinajstić information content (AvgIpc) is 2.90. The minimum Gasteiger partial charge on any atom is -0.448 e. The van der Waals surface area contributed by atoms with Gasteiger partial charge in [-0.3, -0.25) is 4.79 Å². The van der Waals surface area contributed by atoms with Gasteiger partial charge in [-0.2, -0.15) is 0 Å². The van der Waals surface area contributed by atoms with Crippen molar-refractivity contribution in [3.8, 4) is 0 Å². The molecule has 0 unspecified atom stereocenters. The number of amides is 1. The molecule has 0 saturated carbocycles. The zero-order valence-electron chi connectivity index (χ0n) is 16.1. The van der Waals surface area contributed by atoms with E-state index in [1.807, 2.05) is 0 Å². The Kier molecular flexibility index (Phi) is 7.03. The fourth-order valence-electron chi connectivity index (χ4n) is 3.49. The number of hydrogen-bond donors (Lipinski definition) is 3. The van der Waals surface area contributed by atoms with E-state index in [4.69, 9.17) is 4.74 Å². The van der Waals surface area contributed by atoms with Crippen LogP contribution in [0.25, 0.3) is 0 Å². The van der Waals surface area contributed by atoms with E-state index in [1.165, 1.54) is 18.4 Å². The second-order valence-corrected chi connectivity index (χ2v) is 7.04. The molecule has 0 radical (unpaired) electrons. The number of aromatic nitrogens is 1. The maximum atomic E-state index is 12.4. The van der Waals surface area contributed by atoms with Crippen molar-refractivity contribution in [2.45, 2.75) is 72.0 Å². The van der Waals surface area contributed by atoms with E-state index in [0.29, 0.717) is 17.7 Å². The number of carbonyl (C=O) groups is 2. The molecule has 2 atom stereocenters. The summed E-state index contributed by atoms with van der Waals surface area (Å²) in [6, 6.07) is 0. The van der Waals surface area contributed by atoms with Crippen LogP contribution in [0.4, 0.5) is 0 Å². The molecule has 6 nitrogen and oxygen atoms in total. The van der Waals surface area contributed by atoms with E-state index >= 15 is 0 Å². The first-order valence-corrected chi connectivity index (χ1v) is 9.35. The van der Waals surface area contributed by atoms with Gasteiger partial charge in [0, 0.05) is 17.8 Å². The monoisotopic (exact) mass is 362 g/mol. The number of hydrogen-bond acceptors (Lipinski definition) is 4. The highest BCUT2D eigenvalue weighted by Crippen LogP contribution is 2.25. The third-order valence-corrected chi connectivity index (χ3v) is 4.90. The van der Waals surface area contributed by atoms with Gasteiger partial charge in [-0.1, -0.05) is 11.6 Å². The van der Waals surface area contributed by atoms with Crippen LogP contribution in [0.2, 0.25) is 0 Å². The van der Waals surface area contributed by atoms with Gasteiger partial charge in [-0.05, 0) is 65.4 Å². The van der Waals surface area contributed by atoms with Crippen LogP contribution in [0.3, 0.4) is 0 Å². The number of carbonyl (C=O) groups excluding carboxylic acids is 2. The molecular formula is C20H30N2O4. The quantitative estimate of drug-likeness (QED) is 0.513. The minimum absolute atomic E-state index is 0.283. The lowest BCUT2D eigenvalue weighted by atomic mass is 9.97. The average molecular weight is 362 g/mol. The molecule has 6 heteroatoms. The zero-order chi connectivity index (χ0) is 19.3. The lowest BCUT2D eigenvalue weighted by Gasteiger charge is -2.15. The number of allylic oxidation sites excluding steroid dienone is 1. The molecule has 1 aliphatic carbocycles. The smallest absolute Gasteiger partial charge is 0.355 e. The van der Waals surface area contributed by atoms with Crippen LogP contribution in [-0.2, 0) is 9.53 Å². The fraction of sp³-hybridized carbons (Fsp3) is 0.600. The number of ether oxygens (including phenoxy) is 1. The second kappa shape index (κ2) is 9.03. The molecule has 1 aliphatic rings.